The molecule has 2 aliphatic heterocycles. The smallest absolute Gasteiger partial charge is 0.265 e. The first kappa shape index (κ1) is 17.2. The molecule has 0 saturated carbocycles. The molecule has 1 aromatic heterocycles. The summed E-state index contributed by atoms with van der Waals surface area (Å²) >= 11 is 1.39. The van der Waals surface area contributed by atoms with Gasteiger partial charge in [-0.1, -0.05) is 18.2 Å². The summed E-state index contributed by atoms with van der Waals surface area (Å²) in [7, 11) is 0. The van der Waals surface area contributed by atoms with Crippen LogP contribution in [0, 0.1) is 0 Å². The van der Waals surface area contributed by atoms with Crippen LogP contribution < -0.4 is 5.32 Å². The van der Waals surface area contributed by atoms with Gasteiger partial charge in [0.2, 0.25) is 0 Å². The van der Waals surface area contributed by atoms with Crippen LogP contribution in [0.1, 0.15) is 39.3 Å². The summed E-state index contributed by atoms with van der Waals surface area (Å²) in [5.41, 5.74) is 1.15. The van der Waals surface area contributed by atoms with Gasteiger partial charge in [0.15, 0.2) is 0 Å². The van der Waals surface area contributed by atoms with Crippen molar-refractivity contribution in [3.05, 3.63) is 52.2 Å². The largest absolute Gasteiger partial charge is 0.337 e. The minimum absolute atomic E-state index is 0.00813. The van der Waals surface area contributed by atoms with E-state index in [1.807, 2.05) is 28.5 Å². The maximum absolute atomic E-state index is 13.1. The number of benzene rings is 1. The molecule has 2 aromatic rings. The summed E-state index contributed by atoms with van der Waals surface area (Å²) in [4.78, 5) is 30.5. The van der Waals surface area contributed by atoms with Crippen molar-refractivity contribution in [2.24, 2.45) is 0 Å². The molecule has 1 N–H and O–H groups in total. The Labute approximate surface area is 157 Å². The Kier molecular flexibility index (Phi) is 5.04. The van der Waals surface area contributed by atoms with E-state index in [9.17, 15) is 9.59 Å². The average Bonchev–Trinajstić information content (AvgIpc) is 3.43. The lowest BCUT2D eigenvalue weighted by Gasteiger charge is -2.24. The third kappa shape index (κ3) is 3.52. The highest BCUT2D eigenvalue weighted by molar-refractivity contribution is 7.12. The Balaban J connectivity index is 1.47. The minimum Gasteiger partial charge on any atom is -0.337 e. The molecule has 0 bridgehead atoms. The highest BCUT2D eigenvalue weighted by Crippen LogP contribution is 2.25. The molecule has 2 amide bonds. The molecule has 0 radical (unpaired) electrons. The zero-order valence-electron chi connectivity index (χ0n) is 14.7. The van der Waals surface area contributed by atoms with Crippen molar-refractivity contribution in [3.8, 4) is 0 Å². The van der Waals surface area contributed by atoms with Crippen molar-refractivity contribution in [2.75, 3.05) is 31.5 Å². The Hall–Kier alpha value is -2.18. The van der Waals surface area contributed by atoms with E-state index in [0.717, 1.165) is 32.6 Å². The molecule has 0 spiro atoms. The number of hydrogen-bond acceptors (Lipinski definition) is 4. The summed E-state index contributed by atoms with van der Waals surface area (Å²) in [6.07, 6.45) is 3.57. The Bertz CT molecular complexity index is 784. The zero-order chi connectivity index (χ0) is 17.9. The van der Waals surface area contributed by atoms with E-state index in [0.29, 0.717) is 22.2 Å². The highest BCUT2D eigenvalue weighted by Gasteiger charge is 2.32. The fourth-order valence-electron chi connectivity index (χ4n) is 3.87. The summed E-state index contributed by atoms with van der Waals surface area (Å²) in [6.45, 7) is 3.87. The standard InChI is InChI=1S/C20H23N3O2S/c24-19(18-8-5-13-26-18)21-17-7-2-1-6-16(17)20(25)23-12-9-15(14-23)22-10-3-4-11-22/h1-2,5-8,13,15H,3-4,9-12,14H2,(H,21,24). The molecule has 6 heteroatoms. The molecule has 0 aliphatic carbocycles. The van der Waals surface area contributed by atoms with Gasteiger partial charge in [-0.3, -0.25) is 14.5 Å². The monoisotopic (exact) mass is 369 g/mol. The van der Waals surface area contributed by atoms with Crippen LogP contribution in [0.3, 0.4) is 0 Å². The predicted octanol–water partition coefficient (Wildman–Crippen LogP) is 3.31. The van der Waals surface area contributed by atoms with Gasteiger partial charge in [0.25, 0.3) is 11.8 Å². The van der Waals surface area contributed by atoms with Crippen LogP contribution >= 0.6 is 11.3 Å². The van der Waals surface area contributed by atoms with Gasteiger partial charge in [0.1, 0.15) is 0 Å². The van der Waals surface area contributed by atoms with Gasteiger partial charge in [-0.15, -0.1) is 11.3 Å². The van der Waals surface area contributed by atoms with Crippen LogP contribution in [0.5, 0.6) is 0 Å². The van der Waals surface area contributed by atoms with Gasteiger partial charge in [0.05, 0.1) is 16.1 Å². The molecular formula is C20H23N3O2S. The van der Waals surface area contributed by atoms with Crippen LogP contribution in [0.25, 0.3) is 0 Å². The summed E-state index contributed by atoms with van der Waals surface area (Å²) in [6, 6.07) is 11.4. The first-order chi connectivity index (χ1) is 12.7. The van der Waals surface area contributed by atoms with Crippen LogP contribution in [-0.2, 0) is 0 Å². The van der Waals surface area contributed by atoms with Gasteiger partial charge >= 0.3 is 0 Å². The first-order valence-electron chi connectivity index (χ1n) is 9.19. The van der Waals surface area contributed by atoms with Crippen molar-refractivity contribution >= 4 is 28.8 Å². The zero-order valence-corrected chi connectivity index (χ0v) is 15.5. The number of carbonyl (C=O) groups is 2. The van der Waals surface area contributed by atoms with Crippen molar-refractivity contribution in [1.29, 1.82) is 0 Å². The number of likely N-dealkylation sites (tertiary alicyclic amines) is 2. The lowest BCUT2D eigenvalue weighted by atomic mass is 10.1. The molecule has 5 nitrogen and oxygen atoms in total. The average molecular weight is 369 g/mol. The van der Waals surface area contributed by atoms with E-state index in [1.165, 1.54) is 24.2 Å². The number of carbonyl (C=O) groups excluding carboxylic acids is 2. The molecule has 1 atom stereocenters. The number of thiophene rings is 1. The summed E-state index contributed by atoms with van der Waals surface area (Å²) in [5, 5.41) is 4.77. The lowest BCUT2D eigenvalue weighted by Crippen LogP contribution is -2.37. The van der Waals surface area contributed by atoms with Gasteiger partial charge in [-0.25, -0.2) is 0 Å². The van der Waals surface area contributed by atoms with E-state index in [1.54, 1.807) is 18.2 Å². The number of amides is 2. The highest BCUT2D eigenvalue weighted by atomic mass is 32.1. The van der Waals surface area contributed by atoms with Crippen molar-refractivity contribution < 1.29 is 9.59 Å². The van der Waals surface area contributed by atoms with E-state index >= 15 is 0 Å². The number of hydrogen-bond donors (Lipinski definition) is 1. The third-order valence-electron chi connectivity index (χ3n) is 5.26. The summed E-state index contributed by atoms with van der Waals surface area (Å²) in [5.74, 6) is -0.162. The molecule has 1 unspecified atom stereocenters. The van der Waals surface area contributed by atoms with Gasteiger partial charge in [-0.05, 0) is 55.9 Å². The molecule has 3 heterocycles. The number of nitrogens with zero attached hydrogens (tertiary/aromatic N) is 2. The topological polar surface area (TPSA) is 52.7 Å². The Morgan fingerprint density at radius 2 is 1.85 bits per heavy atom. The van der Waals surface area contributed by atoms with Crippen LogP contribution in [0.15, 0.2) is 41.8 Å². The number of anilines is 1. The predicted molar refractivity (Wildman–Crippen MR) is 104 cm³/mol. The molecular weight excluding hydrogens is 346 g/mol. The lowest BCUT2D eigenvalue weighted by molar-refractivity contribution is 0.0781. The number of rotatable bonds is 4. The number of para-hydroxylation sites is 1. The van der Waals surface area contributed by atoms with Gasteiger partial charge in [0, 0.05) is 19.1 Å². The van der Waals surface area contributed by atoms with Crippen LogP contribution in [0.2, 0.25) is 0 Å². The second kappa shape index (κ2) is 7.60. The first-order valence-corrected chi connectivity index (χ1v) is 10.1. The van der Waals surface area contributed by atoms with Gasteiger partial charge in [-0.2, -0.15) is 0 Å². The normalized spacial score (nSPS) is 20.5. The maximum atomic E-state index is 13.1. The molecule has 26 heavy (non-hydrogen) atoms. The van der Waals surface area contributed by atoms with Crippen LogP contribution in [-0.4, -0.2) is 53.8 Å². The van der Waals surface area contributed by atoms with Crippen LogP contribution in [0.4, 0.5) is 5.69 Å². The number of nitrogens with one attached hydrogen (secondary N) is 1. The molecule has 4 rings (SSSR count). The maximum Gasteiger partial charge on any atom is 0.265 e. The van der Waals surface area contributed by atoms with Crippen molar-refractivity contribution in [3.63, 3.8) is 0 Å². The van der Waals surface area contributed by atoms with Crippen molar-refractivity contribution in [1.82, 2.24) is 9.80 Å². The third-order valence-corrected chi connectivity index (χ3v) is 6.13. The fourth-order valence-corrected chi connectivity index (χ4v) is 4.49. The van der Waals surface area contributed by atoms with E-state index in [-0.39, 0.29) is 11.8 Å². The molecule has 1 aromatic carbocycles. The summed E-state index contributed by atoms with van der Waals surface area (Å²) < 4.78 is 0. The molecule has 136 valence electrons. The Morgan fingerprint density at radius 3 is 2.62 bits per heavy atom. The van der Waals surface area contributed by atoms with E-state index in [4.69, 9.17) is 0 Å². The minimum atomic E-state index is -0.170. The van der Waals surface area contributed by atoms with Gasteiger partial charge < -0.3 is 10.2 Å². The second-order valence-electron chi connectivity index (χ2n) is 6.91. The van der Waals surface area contributed by atoms with Crippen molar-refractivity contribution in [2.45, 2.75) is 25.3 Å². The fraction of sp³-hybridized carbons (Fsp3) is 0.400. The molecule has 2 saturated heterocycles. The molecule has 2 fully saturated rings. The quantitative estimate of drug-likeness (QED) is 0.900. The second-order valence-corrected chi connectivity index (χ2v) is 7.86. The van der Waals surface area contributed by atoms with E-state index < -0.39 is 0 Å². The Morgan fingerprint density at radius 1 is 1.04 bits per heavy atom. The SMILES string of the molecule is O=C(Nc1ccccc1C(=O)N1CCC(N2CCCC2)C1)c1cccs1. The van der Waals surface area contributed by atoms with E-state index in [2.05, 4.69) is 10.2 Å². The molecule has 2 aliphatic rings.